The van der Waals surface area contributed by atoms with Gasteiger partial charge in [-0.15, -0.1) is 0 Å². The topological polar surface area (TPSA) is 52.4 Å². The molecule has 0 aliphatic rings. The van der Waals surface area contributed by atoms with E-state index < -0.39 is 4.92 Å². The van der Waals surface area contributed by atoms with E-state index >= 15 is 0 Å². The predicted octanol–water partition coefficient (Wildman–Crippen LogP) is 4.89. The van der Waals surface area contributed by atoms with Gasteiger partial charge in [0.1, 0.15) is 5.75 Å². The van der Waals surface area contributed by atoms with E-state index in [1.807, 2.05) is 60.7 Å². The van der Waals surface area contributed by atoms with Crippen LogP contribution in [0.4, 0.5) is 5.69 Å². The minimum atomic E-state index is -0.405. The maximum atomic E-state index is 10.6. The van der Waals surface area contributed by atoms with Crippen molar-refractivity contribution in [3.8, 4) is 5.75 Å². The first-order valence-electron chi connectivity index (χ1n) is 7.09. The van der Waals surface area contributed by atoms with Gasteiger partial charge in [0.05, 0.1) is 12.0 Å². The Labute approximate surface area is 135 Å². The number of hydrogen-bond acceptors (Lipinski definition) is 3. The first kappa shape index (κ1) is 16.2. The Kier molecular flexibility index (Phi) is 5.89. The molecule has 0 radical (unpaired) electrons. The van der Waals surface area contributed by atoms with E-state index in [1.54, 1.807) is 19.2 Å². The summed E-state index contributed by atoms with van der Waals surface area (Å²) in [6.45, 7) is 0. The Morgan fingerprint density at radius 3 is 1.74 bits per heavy atom. The summed E-state index contributed by atoms with van der Waals surface area (Å²) in [6.07, 6.45) is 11.5. The number of nitrogens with zero attached hydrogens (tertiary/aromatic N) is 1. The summed E-state index contributed by atoms with van der Waals surface area (Å²) in [5.74, 6) is 0.837. The second-order valence-corrected chi connectivity index (χ2v) is 4.72. The number of nitro groups is 1. The summed E-state index contributed by atoms with van der Waals surface area (Å²) >= 11 is 0. The van der Waals surface area contributed by atoms with E-state index in [0.717, 1.165) is 16.9 Å². The zero-order chi connectivity index (χ0) is 16.5. The van der Waals surface area contributed by atoms with Gasteiger partial charge < -0.3 is 4.74 Å². The van der Waals surface area contributed by atoms with Crippen LogP contribution in [0.3, 0.4) is 0 Å². The molecule has 0 fully saturated rings. The molecule has 0 N–H and O–H groups in total. The molecular formula is C19H17NO3. The molecule has 0 heterocycles. The smallest absolute Gasteiger partial charge is 0.269 e. The van der Waals surface area contributed by atoms with Gasteiger partial charge in [-0.3, -0.25) is 10.1 Å². The number of rotatable bonds is 6. The summed E-state index contributed by atoms with van der Waals surface area (Å²) in [4.78, 5) is 10.2. The van der Waals surface area contributed by atoms with Crippen LogP contribution in [0, 0.1) is 10.1 Å². The SMILES string of the molecule is COc1ccc(/C=C/C=C/C=C/c2ccc([N+](=O)[O-])cc2)cc1. The molecule has 2 rings (SSSR count). The molecule has 2 aromatic rings. The molecule has 0 saturated carbocycles. The third kappa shape index (κ3) is 5.28. The molecule has 4 heteroatoms. The van der Waals surface area contributed by atoms with Crippen LogP contribution in [0.15, 0.2) is 72.8 Å². The Morgan fingerprint density at radius 1 is 0.826 bits per heavy atom. The molecule has 116 valence electrons. The third-order valence-corrected chi connectivity index (χ3v) is 3.13. The minimum absolute atomic E-state index is 0.0973. The average Bonchev–Trinajstić information content (AvgIpc) is 2.59. The van der Waals surface area contributed by atoms with Crippen LogP contribution < -0.4 is 4.74 Å². The average molecular weight is 307 g/mol. The van der Waals surface area contributed by atoms with Crippen LogP contribution >= 0.6 is 0 Å². The predicted molar refractivity (Wildman–Crippen MR) is 93.3 cm³/mol. The highest BCUT2D eigenvalue weighted by Crippen LogP contribution is 2.13. The summed E-state index contributed by atoms with van der Waals surface area (Å²) in [7, 11) is 1.64. The van der Waals surface area contributed by atoms with Crippen molar-refractivity contribution in [2.75, 3.05) is 7.11 Å². The normalized spacial score (nSPS) is 11.5. The van der Waals surface area contributed by atoms with Gasteiger partial charge in [-0.25, -0.2) is 0 Å². The van der Waals surface area contributed by atoms with Gasteiger partial charge in [-0.2, -0.15) is 0 Å². The van der Waals surface area contributed by atoms with Gasteiger partial charge >= 0.3 is 0 Å². The van der Waals surface area contributed by atoms with Crippen molar-refractivity contribution in [1.82, 2.24) is 0 Å². The number of methoxy groups -OCH3 is 1. The zero-order valence-corrected chi connectivity index (χ0v) is 12.8. The minimum Gasteiger partial charge on any atom is -0.497 e. The van der Waals surface area contributed by atoms with Crippen molar-refractivity contribution in [1.29, 1.82) is 0 Å². The maximum Gasteiger partial charge on any atom is 0.269 e. The zero-order valence-electron chi connectivity index (χ0n) is 12.8. The summed E-state index contributed by atoms with van der Waals surface area (Å²) in [6, 6.07) is 14.2. The molecule has 4 nitrogen and oxygen atoms in total. The molecule has 23 heavy (non-hydrogen) atoms. The standard InChI is InChI=1S/C19H17NO3/c1-23-19-14-10-17(11-15-19)7-5-3-2-4-6-16-8-12-18(13-9-16)20(21)22/h2-15H,1H3/b3-2+,6-4+,7-5+. The van der Waals surface area contributed by atoms with E-state index in [9.17, 15) is 10.1 Å². The van der Waals surface area contributed by atoms with Crippen LogP contribution in [0.5, 0.6) is 5.75 Å². The fraction of sp³-hybridized carbons (Fsp3) is 0.0526. The molecule has 0 unspecified atom stereocenters. The monoisotopic (exact) mass is 307 g/mol. The van der Waals surface area contributed by atoms with E-state index in [2.05, 4.69) is 0 Å². The molecule has 0 aliphatic carbocycles. The highest BCUT2D eigenvalue weighted by atomic mass is 16.6. The fourth-order valence-corrected chi connectivity index (χ4v) is 1.88. The van der Waals surface area contributed by atoms with Gasteiger partial charge in [0.2, 0.25) is 0 Å². The van der Waals surface area contributed by atoms with E-state index in [1.165, 1.54) is 12.1 Å². The van der Waals surface area contributed by atoms with E-state index in [0.29, 0.717) is 0 Å². The second-order valence-electron chi connectivity index (χ2n) is 4.72. The lowest BCUT2D eigenvalue weighted by molar-refractivity contribution is -0.384. The van der Waals surface area contributed by atoms with Crippen molar-refractivity contribution >= 4 is 17.8 Å². The van der Waals surface area contributed by atoms with E-state index in [4.69, 9.17) is 4.74 Å². The van der Waals surface area contributed by atoms with Crippen LogP contribution in [-0.2, 0) is 0 Å². The van der Waals surface area contributed by atoms with Crippen LogP contribution in [-0.4, -0.2) is 12.0 Å². The number of ether oxygens (including phenoxy) is 1. The summed E-state index contributed by atoms with van der Waals surface area (Å²) < 4.78 is 5.10. The molecule has 0 bridgehead atoms. The van der Waals surface area contributed by atoms with Crippen molar-refractivity contribution in [3.05, 3.63) is 94.1 Å². The lowest BCUT2D eigenvalue weighted by Crippen LogP contribution is -1.86. The van der Waals surface area contributed by atoms with Gasteiger partial charge in [0.25, 0.3) is 5.69 Å². The van der Waals surface area contributed by atoms with Gasteiger partial charge in [0.15, 0.2) is 0 Å². The van der Waals surface area contributed by atoms with Crippen molar-refractivity contribution in [3.63, 3.8) is 0 Å². The van der Waals surface area contributed by atoms with Crippen LogP contribution in [0.25, 0.3) is 12.2 Å². The lowest BCUT2D eigenvalue weighted by atomic mass is 10.2. The Morgan fingerprint density at radius 2 is 1.30 bits per heavy atom. The number of hydrogen-bond donors (Lipinski definition) is 0. The van der Waals surface area contributed by atoms with Gasteiger partial charge in [0, 0.05) is 12.1 Å². The number of allylic oxidation sites excluding steroid dienone is 4. The van der Waals surface area contributed by atoms with Crippen LogP contribution in [0.2, 0.25) is 0 Å². The second kappa shape index (κ2) is 8.34. The number of non-ortho nitro benzene ring substituents is 1. The van der Waals surface area contributed by atoms with Crippen LogP contribution in [0.1, 0.15) is 11.1 Å². The highest BCUT2D eigenvalue weighted by Gasteiger charge is 2.01. The number of nitro benzene ring substituents is 1. The molecule has 2 aromatic carbocycles. The maximum absolute atomic E-state index is 10.6. The largest absolute Gasteiger partial charge is 0.497 e. The van der Waals surface area contributed by atoms with E-state index in [-0.39, 0.29) is 5.69 Å². The summed E-state index contributed by atoms with van der Waals surface area (Å²) in [5, 5.41) is 10.6. The Bertz CT molecular complexity index is 726. The highest BCUT2D eigenvalue weighted by molar-refractivity contribution is 5.55. The molecule has 0 spiro atoms. The molecule has 0 amide bonds. The quantitative estimate of drug-likeness (QED) is 0.434. The van der Waals surface area contributed by atoms with Crippen molar-refractivity contribution < 1.29 is 9.66 Å². The lowest BCUT2D eigenvalue weighted by Gasteiger charge is -1.98. The molecule has 0 atom stereocenters. The fourth-order valence-electron chi connectivity index (χ4n) is 1.88. The summed E-state index contributed by atoms with van der Waals surface area (Å²) in [5.41, 5.74) is 2.11. The Hall–Kier alpha value is -3.14. The molecule has 0 aliphatic heterocycles. The Balaban J connectivity index is 1.87. The molecule has 0 aromatic heterocycles. The van der Waals surface area contributed by atoms with Gasteiger partial charge in [-0.1, -0.05) is 48.6 Å². The first-order chi connectivity index (χ1) is 11.2. The van der Waals surface area contributed by atoms with Crippen molar-refractivity contribution in [2.24, 2.45) is 0 Å². The third-order valence-electron chi connectivity index (χ3n) is 3.13. The molecule has 0 saturated heterocycles. The first-order valence-corrected chi connectivity index (χ1v) is 7.09. The van der Waals surface area contributed by atoms with Gasteiger partial charge in [-0.05, 0) is 35.4 Å². The molecular weight excluding hydrogens is 290 g/mol. The number of benzene rings is 2. The van der Waals surface area contributed by atoms with Crippen molar-refractivity contribution in [2.45, 2.75) is 0 Å².